The fourth-order valence-corrected chi connectivity index (χ4v) is 3.14. The van der Waals surface area contributed by atoms with Crippen LogP contribution in [-0.2, 0) is 11.2 Å². The highest BCUT2D eigenvalue weighted by atomic mass is 32.1. The summed E-state index contributed by atoms with van der Waals surface area (Å²) in [7, 11) is 1.62. The zero-order valence-electron chi connectivity index (χ0n) is 12.7. The Labute approximate surface area is 138 Å². The molecule has 0 aliphatic rings. The molecule has 1 atom stereocenters. The molecule has 23 heavy (non-hydrogen) atoms. The number of methoxy groups -OCH3 is 1. The number of amides is 1. The first kappa shape index (κ1) is 15.5. The highest BCUT2D eigenvalue weighted by Crippen LogP contribution is 2.29. The number of carbonyl (C=O) groups is 1. The Morgan fingerprint density at radius 3 is 2.83 bits per heavy atom. The first-order chi connectivity index (χ1) is 11.2. The van der Waals surface area contributed by atoms with E-state index in [0.29, 0.717) is 11.6 Å². The lowest BCUT2D eigenvalue weighted by Gasteiger charge is -2.10. The third-order valence-electron chi connectivity index (χ3n) is 3.46. The van der Waals surface area contributed by atoms with Gasteiger partial charge in [-0.15, -0.1) is 0 Å². The predicted octanol–water partition coefficient (Wildman–Crippen LogP) is 2.81. The number of benzene rings is 2. The maximum Gasteiger partial charge on any atom is 0.243 e. The summed E-state index contributed by atoms with van der Waals surface area (Å²) < 4.78 is 6.14. The minimum absolute atomic E-state index is 0.236. The lowest BCUT2D eigenvalue weighted by atomic mass is 10.1. The Bertz CT molecular complexity index is 817. The summed E-state index contributed by atoms with van der Waals surface area (Å²) >= 11 is 1.40. The van der Waals surface area contributed by atoms with E-state index in [-0.39, 0.29) is 5.91 Å². The van der Waals surface area contributed by atoms with Crippen molar-refractivity contribution in [3.05, 3.63) is 54.1 Å². The molecule has 5 nitrogen and oxygen atoms in total. The van der Waals surface area contributed by atoms with Crippen molar-refractivity contribution in [1.82, 2.24) is 4.98 Å². The number of rotatable bonds is 5. The van der Waals surface area contributed by atoms with E-state index in [1.807, 2.05) is 48.5 Å². The molecule has 0 aliphatic heterocycles. The van der Waals surface area contributed by atoms with E-state index in [1.54, 1.807) is 7.11 Å². The topological polar surface area (TPSA) is 77.2 Å². The van der Waals surface area contributed by atoms with Crippen LogP contribution in [0.2, 0.25) is 0 Å². The second kappa shape index (κ2) is 6.76. The van der Waals surface area contributed by atoms with Crippen LogP contribution in [0, 0.1) is 0 Å². The average Bonchev–Trinajstić information content (AvgIpc) is 2.96. The fraction of sp³-hybridized carbons (Fsp3) is 0.176. The molecule has 3 N–H and O–H groups in total. The molecule has 3 rings (SSSR count). The van der Waals surface area contributed by atoms with Gasteiger partial charge in [-0.2, -0.15) is 0 Å². The number of ether oxygens (including phenoxy) is 1. The molecular formula is C17H17N3O2S. The monoisotopic (exact) mass is 327 g/mol. The first-order valence-corrected chi connectivity index (χ1v) is 8.02. The molecule has 0 saturated carbocycles. The van der Waals surface area contributed by atoms with E-state index in [4.69, 9.17) is 10.5 Å². The quantitative estimate of drug-likeness (QED) is 0.755. The normalized spacial score (nSPS) is 12.1. The standard InChI is InChI=1S/C17H17N3O2S/c1-22-12-7-8-14-15(10-12)23-17(19-14)20-16(21)13(18)9-11-5-3-2-4-6-11/h2-8,10,13H,9,18H2,1H3,(H,19,20,21). The Balaban J connectivity index is 1.69. The average molecular weight is 327 g/mol. The van der Waals surface area contributed by atoms with Crippen molar-refractivity contribution in [2.24, 2.45) is 5.73 Å². The van der Waals surface area contributed by atoms with Gasteiger partial charge in [-0.25, -0.2) is 4.98 Å². The summed E-state index contributed by atoms with van der Waals surface area (Å²) in [5, 5.41) is 3.33. The van der Waals surface area contributed by atoms with Crippen LogP contribution >= 0.6 is 11.3 Å². The molecule has 1 heterocycles. The summed E-state index contributed by atoms with van der Waals surface area (Å²) in [5.74, 6) is 0.527. The van der Waals surface area contributed by atoms with Gasteiger partial charge in [-0.1, -0.05) is 41.7 Å². The molecule has 0 saturated heterocycles. The van der Waals surface area contributed by atoms with Gasteiger partial charge >= 0.3 is 0 Å². The smallest absolute Gasteiger partial charge is 0.243 e. The molecule has 118 valence electrons. The van der Waals surface area contributed by atoms with Crippen LogP contribution in [0.4, 0.5) is 5.13 Å². The van der Waals surface area contributed by atoms with Gasteiger partial charge < -0.3 is 15.8 Å². The van der Waals surface area contributed by atoms with Gasteiger partial charge in [0.25, 0.3) is 0 Å². The molecule has 3 aromatic rings. The minimum Gasteiger partial charge on any atom is -0.497 e. The third kappa shape index (κ3) is 3.67. The molecule has 0 fully saturated rings. The van der Waals surface area contributed by atoms with E-state index in [2.05, 4.69) is 10.3 Å². The summed E-state index contributed by atoms with van der Waals surface area (Å²) in [5.41, 5.74) is 7.84. The predicted molar refractivity (Wildman–Crippen MR) is 92.9 cm³/mol. The number of fused-ring (bicyclic) bond motifs is 1. The Hall–Kier alpha value is -2.44. The number of hydrogen-bond acceptors (Lipinski definition) is 5. The molecule has 1 aromatic heterocycles. The van der Waals surface area contributed by atoms with E-state index >= 15 is 0 Å². The SMILES string of the molecule is COc1ccc2nc(NC(=O)C(N)Cc3ccccc3)sc2c1. The van der Waals surface area contributed by atoms with Crippen molar-refractivity contribution in [1.29, 1.82) is 0 Å². The van der Waals surface area contributed by atoms with Gasteiger partial charge in [-0.05, 0) is 30.2 Å². The van der Waals surface area contributed by atoms with E-state index in [9.17, 15) is 4.79 Å². The molecular weight excluding hydrogens is 310 g/mol. The fourth-order valence-electron chi connectivity index (χ4n) is 2.24. The summed E-state index contributed by atoms with van der Waals surface area (Å²) in [6, 6.07) is 14.7. The number of thiazole rings is 1. The van der Waals surface area contributed by atoms with E-state index < -0.39 is 6.04 Å². The van der Waals surface area contributed by atoms with E-state index in [0.717, 1.165) is 21.5 Å². The molecule has 1 amide bonds. The number of hydrogen-bond donors (Lipinski definition) is 2. The lowest BCUT2D eigenvalue weighted by molar-refractivity contribution is -0.117. The third-order valence-corrected chi connectivity index (χ3v) is 4.39. The van der Waals surface area contributed by atoms with Crippen molar-refractivity contribution in [3.8, 4) is 5.75 Å². The lowest BCUT2D eigenvalue weighted by Crippen LogP contribution is -2.37. The summed E-state index contributed by atoms with van der Waals surface area (Å²) in [4.78, 5) is 16.6. The minimum atomic E-state index is -0.612. The highest BCUT2D eigenvalue weighted by molar-refractivity contribution is 7.22. The van der Waals surface area contributed by atoms with Gasteiger partial charge in [0.05, 0.1) is 23.4 Å². The van der Waals surface area contributed by atoms with Crippen LogP contribution in [0.3, 0.4) is 0 Å². The van der Waals surface area contributed by atoms with Gasteiger partial charge in [0.15, 0.2) is 5.13 Å². The van der Waals surface area contributed by atoms with Crippen LogP contribution < -0.4 is 15.8 Å². The molecule has 0 radical (unpaired) electrons. The number of nitrogens with zero attached hydrogens (tertiary/aromatic N) is 1. The van der Waals surface area contributed by atoms with Crippen molar-refractivity contribution in [3.63, 3.8) is 0 Å². The van der Waals surface area contributed by atoms with Crippen molar-refractivity contribution in [2.45, 2.75) is 12.5 Å². The van der Waals surface area contributed by atoms with Gasteiger partial charge in [-0.3, -0.25) is 4.79 Å². The molecule has 0 spiro atoms. The van der Waals surface area contributed by atoms with Gasteiger partial charge in [0.1, 0.15) is 5.75 Å². The second-order valence-electron chi connectivity index (χ2n) is 5.14. The summed E-state index contributed by atoms with van der Waals surface area (Å²) in [6.07, 6.45) is 0.491. The van der Waals surface area contributed by atoms with Crippen LogP contribution in [0.5, 0.6) is 5.75 Å². The zero-order chi connectivity index (χ0) is 16.2. The summed E-state index contributed by atoms with van der Waals surface area (Å²) in [6.45, 7) is 0. The van der Waals surface area contributed by atoms with E-state index in [1.165, 1.54) is 11.3 Å². The Morgan fingerprint density at radius 2 is 2.09 bits per heavy atom. The Kier molecular flexibility index (Phi) is 4.55. The van der Waals surface area contributed by atoms with Crippen molar-refractivity contribution >= 4 is 32.6 Å². The number of nitrogens with two attached hydrogens (primary N) is 1. The van der Waals surface area contributed by atoms with Crippen molar-refractivity contribution < 1.29 is 9.53 Å². The maximum absolute atomic E-state index is 12.2. The molecule has 2 aromatic carbocycles. The zero-order valence-corrected chi connectivity index (χ0v) is 13.5. The number of carbonyl (C=O) groups excluding carboxylic acids is 1. The number of nitrogens with one attached hydrogen (secondary N) is 1. The van der Waals surface area contributed by atoms with Crippen LogP contribution in [0.25, 0.3) is 10.2 Å². The number of anilines is 1. The maximum atomic E-state index is 12.2. The van der Waals surface area contributed by atoms with Crippen LogP contribution in [0.15, 0.2) is 48.5 Å². The second-order valence-corrected chi connectivity index (χ2v) is 6.17. The largest absolute Gasteiger partial charge is 0.497 e. The Morgan fingerprint density at radius 1 is 1.30 bits per heavy atom. The van der Waals surface area contributed by atoms with Crippen molar-refractivity contribution in [2.75, 3.05) is 12.4 Å². The highest BCUT2D eigenvalue weighted by Gasteiger charge is 2.16. The molecule has 0 aliphatic carbocycles. The van der Waals surface area contributed by atoms with Crippen LogP contribution in [-0.4, -0.2) is 24.0 Å². The number of aromatic nitrogens is 1. The van der Waals surface area contributed by atoms with Gasteiger partial charge in [0, 0.05) is 0 Å². The first-order valence-electron chi connectivity index (χ1n) is 7.20. The van der Waals surface area contributed by atoms with Crippen LogP contribution in [0.1, 0.15) is 5.56 Å². The molecule has 6 heteroatoms. The van der Waals surface area contributed by atoms with Gasteiger partial charge in [0.2, 0.25) is 5.91 Å². The molecule has 1 unspecified atom stereocenters. The molecule has 0 bridgehead atoms.